The summed E-state index contributed by atoms with van der Waals surface area (Å²) >= 11 is 5.03. The molecule has 4 heteroatoms. The minimum absolute atomic E-state index is 0.273. The quantitative estimate of drug-likeness (QED) is 0.787. The van der Waals surface area contributed by atoms with E-state index in [4.69, 9.17) is 0 Å². The third kappa shape index (κ3) is 4.02. The van der Waals surface area contributed by atoms with Crippen LogP contribution in [-0.2, 0) is 4.79 Å². The molecule has 1 fully saturated rings. The lowest BCUT2D eigenvalue weighted by molar-refractivity contribution is -0.129. The van der Waals surface area contributed by atoms with Crippen LogP contribution >= 0.6 is 27.7 Å². The fourth-order valence-corrected chi connectivity index (χ4v) is 3.09. The Labute approximate surface area is 121 Å². The van der Waals surface area contributed by atoms with Crippen molar-refractivity contribution >= 4 is 33.6 Å². The highest BCUT2D eigenvalue weighted by atomic mass is 79.9. The van der Waals surface area contributed by atoms with E-state index in [-0.39, 0.29) is 5.91 Å². The highest BCUT2D eigenvalue weighted by Gasteiger charge is 2.19. The van der Waals surface area contributed by atoms with Gasteiger partial charge in [0.05, 0.1) is 5.75 Å². The molecule has 2 nitrogen and oxygen atoms in total. The first-order valence-corrected chi connectivity index (χ1v) is 8.09. The minimum Gasteiger partial charge on any atom is -0.342 e. The fourth-order valence-electron chi connectivity index (χ4n) is 2.03. The molecule has 1 aromatic rings. The largest absolute Gasteiger partial charge is 0.342 e. The van der Waals surface area contributed by atoms with E-state index in [1.807, 2.05) is 29.2 Å². The van der Waals surface area contributed by atoms with Gasteiger partial charge in [-0.15, -0.1) is 11.8 Å². The van der Waals surface area contributed by atoms with Crippen molar-refractivity contribution in [3.63, 3.8) is 0 Å². The maximum absolute atomic E-state index is 12.0. The van der Waals surface area contributed by atoms with Crippen LogP contribution in [-0.4, -0.2) is 29.6 Å². The average Bonchev–Trinajstić information content (AvgIpc) is 2.38. The molecule has 0 aliphatic carbocycles. The molecule has 98 valence electrons. The predicted octanol–water partition coefficient (Wildman–Crippen LogP) is 3.80. The van der Waals surface area contributed by atoms with Crippen molar-refractivity contribution in [2.75, 3.05) is 18.8 Å². The van der Waals surface area contributed by atoms with E-state index in [1.54, 1.807) is 11.8 Å². The molecule has 0 unspecified atom stereocenters. The molecule has 1 saturated heterocycles. The Morgan fingerprint density at radius 1 is 1.33 bits per heavy atom. The van der Waals surface area contributed by atoms with Gasteiger partial charge < -0.3 is 4.90 Å². The van der Waals surface area contributed by atoms with Crippen molar-refractivity contribution in [3.8, 4) is 0 Å². The molecule has 0 radical (unpaired) electrons. The van der Waals surface area contributed by atoms with Gasteiger partial charge in [-0.2, -0.15) is 0 Å². The zero-order valence-electron chi connectivity index (χ0n) is 10.6. The van der Waals surface area contributed by atoms with Gasteiger partial charge in [-0.05, 0) is 43.0 Å². The normalized spacial score (nSPS) is 16.9. The molecule has 0 aromatic heterocycles. The molecule has 1 aliphatic heterocycles. The zero-order valence-corrected chi connectivity index (χ0v) is 13.0. The van der Waals surface area contributed by atoms with E-state index in [0.717, 1.165) is 41.2 Å². The van der Waals surface area contributed by atoms with Crippen LogP contribution in [0.4, 0.5) is 0 Å². The van der Waals surface area contributed by atoms with Crippen LogP contribution in [0.2, 0.25) is 0 Å². The molecule has 0 saturated carbocycles. The Morgan fingerprint density at radius 3 is 2.56 bits per heavy atom. The summed E-state index contributed by atoms with van der Waals surface area (Å²) in [6, 6.07) is 8.10. The van der Waals surface area contributed by atoms with Crippen LogP contribution in [0.3, 0.4) is 0 Å². The Balaban J connectivity index is 1.79. The number of hydrogen-bond donors (Lipinski definition) is 0. The van der Waals surface area contributed by atoms with E-state index < -0.39 is 0 Å². The molecule has 0 bridgehead atoms. The molecule has 1 aliphatic rings. The number of piperidine rings is 1. The monoisotopic (exact) mass is 327 g/mol. The van der Waals surface area contributed by atoms with Gasteiger partial charge >= 0.3 is 0 Å². The number of halogens is 1. The molecule has 0 spiro atoms. The molecule has 2 rings (SSSR count). The van der Waals surface area contributed by atoms with E-state index in [0.29, 0.717) is 5.75 Å². The van der Waals surface area contributed by atoms with Crippen LogP contribution in [0, 0.1) is 5.92 Å². The number of likely N-dealkylation sites (tertiary alicyclic amines) is 1. The Kier molecular flexibility index (Phi) is 5.13. The second kappa shape index (κ2) is 6.62. The summed E-state index contributed by atoms with van der Waals surface area (Å²) in [7, 11) is 0. The number of carbonyl (C=O) groups excluding carboxylic acids is 1. The summed E-state index contributed by atoms with van der Waals surface area (Å²) < 4.78 is 1.07. The van der Waals surface area contributed by atoms with Gasteiger partial charge in [-0.25, -0.2) is 0 Å². The van der Waals surface area contributed by atoms with Crippen molar-refractivity contribution in [3.05, 3.63) is 28.7 Å². The van der Waals surface area contributed by atoms with Crippen molar-refractivity contribution < 1.29 is 4.79 Å². The SMILES string of the molecule is CC1CCN(C(=O)CSc2ccc(Br)cc2)CC1. The fraction of sp³-hybridized carbons (Fsp3) is 0.500. The van der Waals surface area contributed by atoms with Gasteiger partial charge in [0.1, 0.15) is 0 Å². The summed E-state index contributed by atoms with van der Waals surface area (Å²) in [5.74, 6) is 1.60. The highest BCUT2D eigenvalue weighted by molar-refractivity contribution is 9.10. The summed E-state index contributed by atoms with van der Waals surface area (Å²) in [6.07, 6.45) is 2.30. The summed E-state index contributed by atoms with van der Waals surface area (Å²) in [6.45, 7) is 4.13. The van der Waals surface area contributed by atoms with Gasteiger partial charge in [0, 0.05) is 22.5 Å². The van der Waals surface area contributed by atoms with E-state index in [9.17, 15) is 4.79 Å². The van der Waals surface area contributed by atoms with Crippen molar-refractivity contribution in [1.82, 2.24) is 4.90 Å². The van der Waals surface area contributed by atoms with E-state index >= 15 is 0 Å². The number of nitrogens with zero attached hydrogens (tertiary/aromatic N) is 1. The van der Waals surface area contributed by atoms with Crippen molar-refractivity contribution in [2.24, 2.45) is 5.92 Å². The lowest BCUT2D eigenvalue weighted by Crippen LogP contribution is -2.38. The Bertz CT molecular complexity index is 399. The third-order valence-electron chi connectivity index (χ3n) is 3.31. The number of thioether (sulfide) groups is 1. The summed E-state index contributed by atoms with van der Waals surface area (Å²) in [5.41, 5.74) is 0. The molecule has 18 heavy (non-hydrogen) atoms. The number of carbonyl (C=O) groups is 1. The summed E-state index contributed by atoms with van der Waals surface area (Å²) in [4.78, 5) is 15.2. The molecular formula is C14H18BrNOS. The molecular weight excluding hydrogens is 310 g/mol. The van der Waals surface area contributed by atoms with Gasteiger partial charge in [0.25, 0.3) is 0 Å². The van der Waals surface area contributed by atoms with Crippen LogP contribution in [0.1, 0.15) is 19.8 Å². The smallest absolute Gasteiger partial charge is 0.232 e. The van der Waals surface area contributed by atoms with Crippen LogP contribution < -0.4 is 0 Å². The molecule has 0 atom stereocenters. The standard InChI is InChI=1S/C14H18BrNOS/c1-11-6-8-16(9-7-11)14(17)10-18-13-4-2-12(15)3-5-13/h2-5,11H,6-10H2,1H3. The maximum atomic E-state index is 12.0. The van der Waals surface area contributed by atoms with Gasteiger partial charge in [-0.3, -0.25) is 4.79 Å². The van der Waals surface area contributed by atoms with Gasteiger partial charge in [0.2, 0.25) is 5.91 Å². The first-order chi connectivity index (χ1) is 8.65. The van der Waals surface area contributed by atoms with Gasteiger partial charge in [0.15, 0.2) is 0 Å². The molecule has 1 aromatic carbocycles. The first-order valence-electron chi connectivity index (χ1n) is 6.31. The number of hydrogen-bond acceptors (Lipinski definition) is 2. The second-order valence-electron chi connectivity index (χ2n) is 4.81. The van der Waals surface area contributed by atoms with Crippen molar-refractivity contribution in [1.29, 1.82) is 0 Å². The van der Waals surface area contributed by atoms with Crippen LogP contribution in [0.15, 0.2) is 33.6 Å². The lowest BCUT2D eigenvalue weighted by Gasteiger charge is -2.30. The molecule has 0 N–H and O–H groups in total. The molecule has 1 amide bonds. The maximum Gasteiger partial charge on any atom is 0.232 e. The topological polar surface area (TPSA) is 20.3 Å². The van der Waals surface area contributed by atoms with Crippen molar-refractivity contribution in [2.45, 2.75) is 24.7 Å². The lowest BCUT2D eigenvalue weighted by atomic mass is 9.99. The third-order valence-corrected chi connectivity index (χ3v) is 4.84. The van der Waals surface area contributed by atoms with E-state index in [2.05, 4.69) is 22.9 Å². The van der Waals surface area contributed by atoms with Crippen LogP contribution in [0.25, 0.3) is 0 Å². The average molecular weight is 328 g/mol. The first kappa shape index (κ1) is 13.9. The second-order valence-corrected chi connectivity index (χ2v) is 6.77. The van der Waals surface area contributed by atoms with Crippen LogP contribution in [0.5, 0.6) is 0 Å². The summed E-state index contributed by atoms with van der Waals surface area (Å²) in [5, 5.41) is 0. The minimum atomic E-state index is 0.273. The molecule has 1 heterocycles. The predicted molar refractivity (Wildman–Crippen MR) is 79.8 cm³/mol. The van der Waals surface area contributed by atoms with Gasteiger partial charge in [-0.1, -0.05) is 22.9 Å². The number of rotatable bonds is 3. The number of benzene rings is 1. The Hall–Kier alpha value is -0.480. The van der Waals surface area contributed by atoms with E-state index in [1.165, 1.54) is 0 Å². The Morgan fingerprint density at radius 2 is 1.94 bits per heavy atom. The zero-order chi connectivity index (χ0) is 13.0. The number of amides is 1. The highest BCUT2D eigenvalue weighted by Crippen LogP contribution is 2.22.